The molecule has 6 heteroatoms. The van der Waals surface area contributed by atoms with Gasteiger partial charge in [-0.15, -0.1) is 0 Å². The van der Waals surface area contributed by atoms with Crippen LogP contribution in [0.2, 0.25) is 0 Å². The number of carbonyl (C=O) groups is 1. The lowest BCUT2D eigenvalue weighted by Crippen LogP contribution is -2.13. The van der Waals surface area contributed by atoms with Gasteiger partial charge in [-0.1, -0.05) is 20.8 Å². The molecule has 1 amide bonds. The van der Waals surface area contributed by atoms with E-state index in [1.807, 2.05) is 62.8 Å². The summed E-state index contributed by atoms with van der Waals surface area (Å²) < 4.78 is 3.68. The monoisotopic (exact) mass is 312 g/mol. The van der Waals surface area contributed by atoms with Gasteiger partial charge in [0.05, 0.1) is 11.4 Å². The second kappa shape index (κ2) is 5.15. The fraction of sp³-hybridized carbons (Fsp3) is 0.294. The molecule has 0 aliphatic carbocycles. The van der Waals surface area contributed by atoms with Gasteiger partial charge in [0, 0.05) is 35.6 Å². The zero-order valence-electron chi connectivity index (χ0n) is 13.7. The molecule has 0 saturated heterocycles. The Balaban J connectivity index is 2.15. The zero-order chi connectivity index (χ0) is 16.8. The number of carboxylic acid groups (broad SMARTS) is 1. The van der Waals surface area contributed by atoms with Gasteiger partial charge in [-0.05, 0) is 24.3 Å². The highest BCUT2D eigenvalue weighted by molar-refractivity contribution is 5.84. The number of hydrogen-bond acceptors (Lipinski definition) is 2. The summed E-state index contributed by atoms with van der Waals surface area (Å²) in [4.78, 5) is 11.1. The van der Waals surface area contributed by atoms with Gasteiger partial charge in [-0.25, -0.2) is 9.48 Å². The predicted octanol–water partition coefficient (Wildman–Crippen LogP) is 3.75. The molecule has 0 aliphatic rings. The molecule has 120 valence electrons. The fourth-order valence-electron chi connectivity index (χ4n) is 2.54. The van der Waals surface area contributed by atoms with Crippen molar-refractivity contribution in [2.75, 3.05) is 5.32 Å². The van der Waals surface area contributed by atoms with Crippen molar-refractivity contribution in [3.63, 3.8) is 0 Å². The Morgan fingerprint density at radius 3 is 2.61 bits per heavy atom. The highest BCUT2D eigenvalue weighted by Crippen LogP contribution is 2.27. The lowest BCUT2D eigenvalue weighted by atomic mass is 9.92. The molecule has 0 unspecified atom stereocenters. The number of hydrogen-bond donors (Lipinski definition) is 2. The van der Waals surface area contributed by atoms with Crippen molar-refractivity contribution >= 4 is 22.8 Å². The number of nitrogens with one attached hydrogen (secondary N) is 1. The predicted molar refractivity (Wildman–Crippen MR) is 90.4 cm³/mol. The van der Waals surface area contributed by atoms with Crippen molar-refractivity contribution in [2.24, 2.45) is 7.05 Å². The van der Waals surface area contributed by atoms with Crippen molar-refractivity contribution in [1.82, 2.24) is 14.3 Å². The topological polar surface area (TPSA) is 72.1 Å². The van der Waals surface area contributed by atoms with Crippen LogP contribution >= 0.6 is 0 Å². The van der Waals surface area contributed by atoms with Crippen molar-refractivity contribution < 1.29 is 9.90 Å². The summed E-state index contributed by atoms with van der Waals surface area (Å²) in [5, 5.41) is 17.2. The average molecular weight is 312 g/mol. The van der Waals surface area contributed by atoms with Crippen LogP contribution in [-0.2, 0) is 12.5 Å². The van der Waals surface area contributed by atoms with Crippen molar-refractivity contribution in [3.8, 4) is 5.69 Å². The van der Waals surface area contributed by atoms with Crippen molar-refractivity contribution in [3.05, 3.63) is 42.2 Å². The number of anilines is 1. The Kier molecular flexibility index (Phi) is 3.39. The smallest absolute Gasteiger partial charge is 0.410 e. The highest BCUT2D eigenvalue weighted by Gasteiger charge is 2.21. The number of rotatable bonds is 2. The zero-order valence-corrected chi connectivity index (χ0v) is 13.7. The number of amides is 1. The fourth-order valence-corrected chi connectivity index (χ4v) is 2.54. The number of aryl methyl sites for hydroxylation is 1. The van der Waals surface area contributed by atoms with Gasteiger partial charge in [-0.3, -0.25) is 5.32 Å². The Bertz CT molecular complexity index is 884. The van der Waals surface area contributed by atoms with Gasteiger partial charge >= 0.3 is 6.09 Å². The number of fused-ring (bicyclic) bond motifs is 1. The molecule has 1 aromatic carbocycles. The first-order chi connectivity index (χ1) is 10.8. The van der Waals surface area contributed by atoms with Crippen LogP contribution in [0.5, 0.6) is 0 Å². The minimum atomic E-state index is -1.10. The molecule has 2 heterocycles. The van der Waals surface area contributed by atoms with Crippen LogP contribution in [0.1, 0.15) is 26.5 Å². The number of aromatic nitrogens is 3. The molecule has 3 aromatic rings. The van der Waals surface area contributed by atoms with E-state index in [9.17, 15) is 4.79 Å². The van der Waals surface area contributed by atoms with E-state index in [0.717, 1.165) is 22.3 Å². The quantitative estimate of drug-likeness (QED) is 0.757. The van der Waals surface area contributed by atoms with Crippen LogP contribution in [0, 0.1) is 0 Å². The van der Waals surface area contributed by atoms with Gasteiger partial charge in [-0.2, -0.15) is 5.10 Å². The van der Waals surface area contributed by atoms with Gasteiger partial charge in [0.25, 0.3) is 0 Å². The minimum Gasteiger partial charge on any atom is -0.465 e. The second-order valence-corrected chi connectivity index (χ2v) is 6.68. The maximum absolute atomic E-state index is 11.1. The molecule has 0 bridgehead atoms. The third-order valence-corrected chi connectivity index (χ3v) is 3.83. The number of nitrogens with zero attached hydrogens (tertiary/aromatic N) is 3. The SMILES string of the molecule is Cn1ccc2cc(-n3nc(C(C)(C)C)cc3NC(=O)O)ccc21. The Morgan fingerprint density at radius 2 is 1.96 bits per heavy atom. The van der Waals surface area contributed by atoms with Crippen molar-refractivity contribution in [2.45, 2.75) is 26.2 Å². The molecule has 0 aliphatic heterocycles. The standard InChI is InChI=1S/C17H20N4O2/c1-17(2,3)14-10-15(18-16(22)23)21(19-14)12-5-6-13-11(9-12)7-8-20(13)4/h5-10,18H,1-4H3,(H,22,23). The lowest BCUT2D eigenvalue weighted by Gasteiger charge is -2.14. The average Bonchev–Trinajstić information content (AvgIpc) is 3.02. The van der Waals surface area contributed by atoms with Crippen LogP contribution in [0.15, 0.2) is 36.5 Å². The number of benzene rings is 1. The van der Waals surface area contributed by atoms with Gasteiger partial charge < -0.3 is 9.67 Å². The summed E-state index contributed by atoms with van der Waals surface area (Å²) in [6.45, 7) is 6.14. The molecule has 0 atom stereocenters. The first-order valence-electron chi connectivity index (χ1n) is 7.41. The van der Waals surface area contributed by atoms with Crippen LogP contribution in [0.25, 0.3) is 16.6 Å². The molecule has 0 spiro atoms. The van der Waals surface area contributed by atoms with E-state index in [2.05, 4.69) is 10.4 Å². The summed E-state index contributed by atoms with van der Waals surface area (Å²) in [5.41, 5.74) is 2.60. The molecule has 0 radical (unpaired) electrons. The maximum atomic E-state index is 11.1. The first-order valence-corrected chi connectivity index (χ1v) is 7.41. The first kappa shape index (κ1) is 15.1. The molecule has 23 heavy (non-hydrogen) atoms. The summed E-state index contributed by atoms with van der Waals surface area (Å²) in [5.74, 6) is 0.442. The van der Waals surface area contributed by atoms with E-state index >= 15 is 0 Å². The summed E-state index contributed by atoms with van der Waals surface area (Å²) >= 11 is 0. The second-order valence-electron chi connectivity index (χ2n) is 6.68. The highest BCUT2D eigenvalue weighted by atomic mass is 16.4. The molecule has 6 nitrogen and oxygen atoms in total. The van der Waals surface area contributed by atoms with Gasteiger partial charge in [0.15, 0.2) is 0 Å². The summed E-state index contributed by atoms with van der Waals surface area (Å²) in [6, 6.07) is 9.75. The summed E-state index contributed by atoms with van der Waals surface area (Å²) in [7, 11) is 1.99. The van der Waals surface area contributed by atoms with E-state index in [1.165, 1.54) is 0 Å². The maximum Gasteiger partial charge on any atom is 0.410 e. The van der Waals surface area contributed by atoms with Crippen LogP contribution in [0.4, 0.5) is 10.6 Å². The van der Waals surface area contributed by atoms with Gasteiger partial charge in [0.1, 0.15) is 5.82 Å². The summed E-state index contributed by atoms with van der Waals surface area (Å²) in [6.07, 6.45) is 0.890. The molecule has 0 fully saturated rings. The Morgan fingerprint density at radius 1 is 1.22 bits per heavy atom. The van der Waals surface area contributed by atoms with Crippen LogP contribution in [-0.4, -0.2) is 25.5 Å². The van der Waals surface area contributed by atoms with E-state index in [1.54, 1.807) is 10.7 Å². The van der Waals surface area contributed by atoms with E-state index in [-0.39, 0.29) is 5.41 Å². The Hall–Kier alpha value is -2.76. The van der Waals surface area contributed by atoms with E-state index in [4.69, 9.17) is 5.11 Å². The van der Waals surface area contributed by atoms with Crippen LogP contribution < -0.4 is 5.32 Å². The van der Waals surface area contributed by atoms with E-state index in [0.29, 0.717) is 5.82 Å². The van der Waals surface area contributed by atoms with E-state index < -0.39 is 6.09 Å². The molecular weight excluding hydrogens is 292 g/mol. The van der Waals surface area contributed by atoms with Crippen LogP contribution in [0.3, 0.4) is 0 Å². The van der Waals surface area contributed by atoms with Crippen molar-refractivity contribution in [1.29, 1.82) is 0 Å². The Labute approximate surface area is 134 Å². The molecular formula is C17H20N4O2. The normalized spacial score (nSPS) is 11.8. The van der Waals surface area contributed by atoms with Gasteiger partial charge in [0.2, 0.25) is 0 Å². The third kappa shape index (κ3) is 2.79. The lowest BCUT2D eigenvalue weighted by molar-refractivity contribution is 0.209. The molecule has 3 rings (SSSR count). The molecule has 2 aromatic heterocycles. The molecule has 0 saturated carbocycles. The minimum absolute atomic E-state index is 0.170. The largest absolute Gasteiger partial charge is 0.465 e. The molecule has 2 N–H and O–H groups in total. The third-order valence-electron chi connectivity index (χ3n) is 3.83.